The van der Waals surface area contributed by atoms with Crippen LogP contribution in [0, 0.1) is 0 Å². The average molecular weight is 312 g/mol. The van der Waals surface area contributed by atoms with Gasteiger partial charge in [0.2, 0.25) is 0 Å². The topological polar surface area (TPSA) is 12.5 Å². The number of hydrogen-bond acceptors (Lipinski definition) is 2. The molecule has 0 bridgehead atoms. The lowest BCUT2D eigenvalue weighted by Gasteiger charge is -2.33. The number of fused-ring (bicyclic) bond motifs is 1. The predicted molar refractivity (Wildman–Crippen MR) is 79.8 cm³/mol. The first-order valence-electron chi connectivity index (χ1n) is 6.74. The summed E-state index contributed by atoms with van der Waals surface area (Å²) in [5, 5.41) is 1.04. The Morgan fingerprint density at radius 2 is 2.17 bits per heavy atom. The smallest absolute Gasteiger partial charge is 0.122 e. The molecule has 0 saturated heterocycles. The minimum absolute atomic E-state index is 0.595. The molecule has 0 spiro atoms. The zero-order chi connectivity index (χ0) is 13.0. The van der Waals surface area contributed by atoms with Gasteiger partial charge in [-0.25, -0.2) is 0 Å². The summed E-state index contributed by atoms with van der Waals surface area (Å²) in [6, 6.07) is 9.07. The molecular weight excluding hydrogens is 290 g/mol. The number of rotatable bonds is 5. The molecule has 1 heterocycles. The molecule has 1 aliphatic heterocycles. The van der Waals surface area contributed by atoms with Gasteiger partial charge in [-0.3, -0.25) is 4.90 Å². The zero-order valence-corrected chi connectivity index (χ0v) is 12.8. The van der Waals surface area contributed by atoms with Gasteiger partial charge in [0.1, 0.15) is 5.75 Å². The Kier molecular flexibility index (Phi) is 5.07. The predicted octanol–water partition coefficient (Wildman–Crippen LogP) is 3.66. The quantitative estimate of drug-likeness (QED) is 0.770. The number of alkyl halides is 1. The Labute approximate surface area is 118 Å². The van der Waals surface area contributed by atoms with Gasteiger partial charge >= 0.3 is 0 Å². The summed E-state index contributed by atoms with van der Waals surface area (Å²) >= 11 is 3.55. The summed E-state index contributed by atoms with van der Waals surface area (Å²) in [4.78, 5) is 2.54. The van der Waals surface area contributed by atoms with Gasteiger partial charge in [-0.2, -0.15) is 0 Å². The molecule has 0 N–H and O–H groups in total. The van der Waals surface area contributed by atoms with Gasteiger partial charge in [0.25, 0.3) is 0 Å². The molecule has 0 radical (unpaired) electrons. The van der Waals surface area contributed by atoms with E-state index >= 15 is 0 Å². The molecule has 0 saturated carbocycles. The summed E-state index contributed by atoms with van der Waals surface area (Å²) in [7, 11) is 0. The van der Waals surface area contributed by atoms with E-state index in [0.717, 1.165) is 37.2 Å². The Morgan fingerprint density at radius 1 is 1.39 bits per heavy atom. The molecule has 100 valence electrons. The maximum Gasteiger partial charge on any atom is 0.122 e. The van der Waals surface area contributed by atoms with Gasteiger partial charge < -0.3 is 4.74 Å². The van der Waals surface area contributed by atoms with E-state index in [2.05, 4.69) is 58.9 Å². The minimum Gasteiger partial charge on any atom is -0.493 e. The molecule has 0 amide bonds. The molecule has 1 aromatic rings. The Hall–Kier alpha value is -0.540. The van der Waals surface area contributed by atoms with Crippen molar-refractivity contribution in [3.63, 3.8) is 0 Å². The molecule has 1 aliphatic rings. The zero-order valence-electron chi connectivity index (χ0n) is 11.2. The monoisotopic (exact) mass is 311 g/mol. The van der Waals surface area contributed by atoms with Crippen LogP contribution in [0.25, 0.3) is 0 Å². The number of para-hydroxylation sites is 1. The van der Waals surface area contributed by atoms with Crippen molar-refractivity contribution in [3.05, 3.63) is 29.8 Å². The lowest BCUT2D eigenvalue weighted by Crippen LogP contribution is -2.37. The fourth-order valence-corrected chi connectivity index (χ4v) is 3.01. The van der Waals surface area contributed by atoms with Crippen molar-refractivity contribution in [2.75, 3.05) is 25.0 Å². The third-order valence-corrected chi connectivity index (χ3v) is 3.99. The summed E-state index contributed by atoms with van der Waals surface area (Å²) in [6.07, 6.45) is 1.13. The number of halogens is 1. The van der Waals surface area contributed by atoms with Crippen LogP contribution in [0.4, 0.5) is 0 Å². The summed E-state index contributed by atoms with van der Waals surface area (Å²) in [6.45, 7) is 7.63. The number of hydrogen-bond donors (Lipinski definition) is 0. The van der Waals surface area contributed by atoms with E-state index in [1.165, 1.54) is 5.56 Å². The van der Waals surface area contributed by atoms with E-state index in [1.54, 1.807) is 0 Å². The maximum atomic E-state index is 5.73. The molecular formula is C15H22BrNO. The van der Waals surface area contributed by atoms with E-state index in [0.29, 0.717) is 12.0 Å². The first kappa shape index (κ1) is 13.9. The molecule has 0 fully saturated rings. The summed E-state index contributed by atoms with van der Waals surface area (Å²) in [5.74, 6) is 1.69. The van der Waals surface area contributed by atoms with E-state index in [9.17, 15) is 0 Å². The van der Waals surface area contributed by atoms with E-state index in [-0.39, 0.29) is 0 Å². The fourth-order valence-electron chi connectivity index (χ4n) is 2.56. The lowest BCUT2D eigenvalue weighted by molar-refractivity contribution is 0.190. The number of nitrogens with zero attached hydrogens (tertiary/aromatic N) is 1. The first-order chi connectivity index (χ1) is 8.72. The van der Waals surface area contributed by atoms with Gasteiger partial charge in [0, 0.05) is 30.4 Å². The SMILES string of the molecule is CC(C)N(CCBr)CC1CCOc2ccccc21. The molecule has 2 rings (SSSR count). The van der Waals surface area contributed by atoms with Crippen molar-refractivity contribution in [2.45, 2.75) is 32.2 Å². The van der Waals surface area contributed by atoms with E-state index in [1.807, 2.05) is 0 Å². The summed E-state index contributed by atoms with van der Waals surface area (Å²) < 4.78 is 5.73. The molecule has 1 aromatic carbocycles. The van der Waals surface area contributed by atoms with Crippen LogP contribution < -0.4 is 4.74 Å². The second kappa shape index (κ2) is 6.58. The first-order valence-corrected chi connectivity index (χ1v) is 7.86. The van der Waals surface area contributed by atoms with E-state index < -0.39 is 0 Å². The molecule has 0 aliphatic carbocycles. The van der Waals surface area contributed by atoms with Crippen molar-refractivity contribution in [3.8, 4) is 5.75 Å². The van der Waals surface area contributed by atoms with Crippen LogP contribution in [0.5, 0.6) is 5.75 Å². The molecule has 3 heteroatoms. The highest BCUT2D eigenvalue weighted by Gasteiger charge is 2.23. The highest BCUT2D eigenvalue weighted by atomic mass is 79.9. The second-order valence-electron chi connectivity index (χ2n) is 5.15. The van der Waals surface area contributed by atoms with Gasteiger partial charge in [0.05, 0.1) is 6.61 Å². The Morgan fingerprint density at radius 3 is 2.89 bits per heavy atom. The molecule has 1 unspecified atom stereocenters. The highest BCUT2D eigenvalue weighted by molar-refractivity contribution is 9.09. The second-order valence-corrected chi connectivity index (χ2v) is 5.94. The number of ether oxygens (including phenoxy) is 1. The highest BCUT2D eigenvalue weighted by Crippen LogP contribution is 2.34. The number of benzene rings is 1. The van der Waals surface area contributed by atoms with Crippen LogP contribution in [0.2, 0.25) is 0 Å². The van der Waals surface area contributed by atoms with E-state index in [4.69, 9.17) is 4.74 Å². The van der Waals surface area contributed by atoms with Crippen LogP contribution in [-0.2, 0) is 0 Å². The van der Waals surface area contributed by atoms with Gasteiger partial charge in [-0.15, -0.1) is 0 Å². The molecule has 2 nitrogen and oxygen atoms in total. The standard InChI is InChI=1S/C15H22BrNO/c1-12(2)17(9-8-16)11-13-7-10-18-15-6-4-3-5-14(13)15/h3-6,12-13H,7-11H2,1-2H3. The van der Waals surface area contributed by atoms with Crippen molar-refractivity contribution in [1.29, 1.82) is 0 Å². The van der Waals surface area contributed by atoms with Crippen LogP contribution in [-0.4, -0.2) is 36.0 Å². The van der Waals surface area contributed by atoms with Crippen molar-refractivity contribution in [1.82, 2.24) is 4.90 Å². The Balaban J connectivity index is 2.10. The van der Waals surface area contributed by atoms with Crippen LogP contribution in [0.15, 0.2) is 24.3 Å². The summed E-state index contributed by atoms with van der Waals surface area (Å²) in [5.41, 5.74) is 1.38. The fraction of sp³-hybridized carbons (Fsp3) is 0.600. The largest absolute Gasteiger partial charge is 0.493 e. The van der Waals surface area contributed by atoms with Crippen LogP contribution in [0.1, 0.15) is 31.7 Å². The minimum atomic E-state index is 0.595. The van der Waals surface area contributed by atoms with Crippen LogP contribution >= 0.6 is 15.9 Å². The molecule has 0 aromatic heterocycles. The Bertz CT molecular complexity index is 381. The van der Waals surface area contributed by atoms with Crippen molar-refractivity contribution in [2.24, 2.45) is 0 Å². The van der Waals surface area contributed by atoms with Crippen LogP contribution in [0.3, 0.4) is 0 Å². The molecule has 1 atom stereocenters. The third kappa shape index (κ3) is 3.27. The van der Waals surface area contributed by atoms with Gasteiger partial charge in [-0.05, 0) is 31.9 Å². The average Bonchev–Trinajstić information content (AvgIpc) is 2.38. The normalized spacial score (nSPS) is 18.8. The van der Waals surface area contributed by atoms with Crippen molar-refractivity contribution < 1.29 is 4.74 Å². The third-order valence-electron chi connectivity index (χ3n) is 3.64. The maximum absolute atomic E-state index is 5.73. The molecule has 18 heavy (non-hydrogen) atoms. The lowest BCUT2D eigenvalue weighted by atomic mass is 9.92. The van der Waals surface area contributed by atoms with Gasteiger partial charge in [-0.1, -0.05) is 34.1 Å². The van der Waals surface area contributed by atoms with Crippen molar-refractivity contribution >= 4 is 15.9 Å². The van der Waals surface area contributed by atoms with Gasteiger partial charge in [0.15, 0.2) is 0 Å².